The van der Waals surface area contributed by atoms with Gasteiger partial charge >= 0.3 is 18.4 Å². The zero-order chi connectivity index (χ0) is 26.1. The minimum atomic E-state index is -5.00. The first-order chi connectivity index (χ1) is 16.9. The molecule has 36 heavy (non-hydrogen) atoms. The molecule has 0 aliphatic carbocycles. The first kappa shape index (κ1) is 26.3. The van der Waals surface area contributed by atoms with Crippen molar-refractivity contribution in [2.45, 2.75) is 31.3 Å². The maximum Gasteiger partial charge on any atom is 0.416 e. The number of aromatic nitrogens is 2. The number of anilines is 2. The molecule has 2 aliphatic heterocycles. The highest BCUT2D eigenvalue weighted by Crippen LogP contribution is 2.37. The van der Waals surface area contributed by atoms with Gasteiger partial charge in [0.05, 0.1) is 22.9 Å². The number of benzene rings is 1. The number of rotatable bonds is 4. The van der Waals surface area contributed by atoms with Crippen LogP contribution in [0.5, 0.6) is 5.88 Å². The second-order valence-electron chi connectivity index (χ2n) is 8.71. The van der Waals surface area contributed by atoms with E-state index in [0.29, 0.717) is 36.9 Å². The number of hydrogen-bond donors (Lipinski definition) is 1. The third-order valence-corrected chi connectivity index (χ3v) is 6.59. The standard InChI is InChI=1S/C21H24F6N6O2S/c1-31-4-2-16(3-5-31)35-18-17(29-36-30-18)32-6-8-33(9-7-32)19(34)28-15-11-13(20(22,23)24)10-14(12-15)21(25,26)27/h10-12,16H,2-9H2,1H3,(H,28,34). The summed E-state index contributed by atoms with van der Waals surface area (Å²) in [6.07, 6.45) is -8.23. The molecule has 1 aromatic heterocycles. The molecule has 0 radical (unpaired) electrons. The van der Waals surface area contributed by atoms with Crippen molar-refractivity contribution >= 4 is 29.3 Å². The van der Waals surface area contributed by atoms with E-state index in [1.54, 1.807) is 0 Å². The summed E-state index contributed by atoms with van der Waals surface area (Å²) in [6, 6.07) is 0.191. The van der Waals surface area contributed by atoms with Crippen molar-refractivity contribution in [2.24, 2.45) is 0 Å². The molecule has 2 fully saturated rings. The Kier molecular flexibility index (Phi) is 7.50. The van der Waals surface area contributed by atoms with Gasteiger partial charge in [0.1, 0.15) is 6.10 Å². The molecule has 0 atom stereocenters. The highest BCUT2D eigenvalue weighted by Gasteiger charge is 2.37. The molecule has 2 aromatic rings. The van der Waals surface area contributed by atoms with Gasteiger partial charge in [-0.2, -0.15) is 30.7 Å². The van der Waals surface area contributed by atoms with Gasteiger partial charge in [-0.15, -0.1) is 4.37 Å². The highest BCUT2D eigenvalue weighted by molar-refractivity contribution is 6.99. The molecule has 3 heterocycles. The molecule has 4 rings (SSSR count). The number of likely N-dealkylation sites (tertiary alicyclic amines) is 1. The first-order valence-electron chi connectivity index (χ1n) is 11.2. The molecule has 198 valence electrons. The molecule has 2 amide bonds. The number of urea groups is 1. The Morgan fingerprint density at radius 2 is 1.53 bits per heavy atom. The summed E-state index contributed by atoms with van der Waals surface area (Å²) in [4.78, 5) is 18.0. The van der Waals surface area contributed by atoms with Crippen molar-refractivity contribution in [3.05, 3.63) is 29.3 Å². The van der Waals surface area contributed by atoms with Crippen LogP contribution in [0, 0.1) is 0 Å². The lowest BCUT2D eigenvalue weighted by atomic mass is 10.1. The first-order valence-corrected chi connectivity index (χ1v) is 11.9. The van der Waals surface area contributed by atoms with Crippen LogP contribution in [0.4, 0.5) is 42.6 Å². The number of piperazine rings is 1. The van der Waals surface area contributed by atoms with Crippen LogP contribution in [0.3, 0.4) is 0 Å². The van der Waals surface area contributed by atoms with Crippen molar-refractivity contribution in [1.82, 2.24) is 18.5 Å². The predicted molar refractivity (Wildman–Crippen MR) is 120 cm³/mol. The van der Waals surface area contributed by atoms with Crippen LogP contribution >= 0.6 is 11.7 Å². The van der Waals surface area contributed by atoms with Crippen molar-refractivity contribution in [3.8, 4) is 5.88 Å². The highest BCUT2D eigenvalue weighted by atomic mass is 32.1. The molecule has 1 N–H and O–H groups in total. The van der Waals surface area contributed by atoms with Crippen molar-refractivity contribution in [1.29, 1.82) is 0 Å². The fourth-order valence-corrected chi connectivity index (χ4v) is 4.57. The SMILES string of the molecule is CN1CCC(Oc2nsnc2N2CCN(C(=O)Nc3cc(C(F)(F)F)cc(C(F)(F)F)c3)CC2)CC1. The van der Waals surface area contributed by atoms with E-state index >= 15 is 0 Å². The van der Waals surface area contributed by atoms with E-state index < -0.39 is 35.2 Å². The number of carbonyl (C=O) groups excluding carboxylic acids is 1. The number of ether oxygens (including phenoxy) is 1. The number of hydrogen-bond acceptors (Lipinski definition) is 7. The fourth-order valence-electron chi connectivity index (χ4n) is 4.05. The summed E-state index contributed by atoms with van der Waals surface area (Å²) in [5, 5.41) is 2.17. The molecule has 8 nitrogen and oxygen atoms in total. The number of alkyl halides is 6. The van der Waals surface area contributed by atoms with E-state index in [9.17, 15) is 31.1 Å². The van der Waals surface area contributed by atoms with Gasteiger partial charge in [-0.25, -0.2) is 4.79 Å². The minimum absolute atomic E-state index is 0.0154. The van der Waals surface area contributed by atoms with Gasteiger partial charge in [-0.3, -0.25) is 0 Å². The maximum absolute atomic E-state index is 13.1. The lowest BCUT2D eigenvalue weighted by Gasteiger charge is -2.35. The molecule has 0 unspecified atom stereocenters. The van der Waals surface area contributed by atoms with Crippen LogP contribution in [-0.2, 0) is 12.4 Å². The molecular weight excluding hydrogens is 514 g/mol. The molecule has 1 aromatic carbocycles. The second kappa shape index (κ2) is 10.3. The van der Waals surface area contributed by atoms with E-state index in [2.05, 4.69) is 19.0 Å². The number of carbonyl (C=O) groups is 1. The van der Waals surface area contributed by atoms with Gasteiger partial charge in [0.25, 0.3) is 5.88 Å². The Morgan fingerprint density at radius 1 is 0.944 bits per heavy atom. The summed E-state index contributed by atoms with van der Waals surface area (Å²) in [5.41, 5.74) is -3.57. The zero-order valence-electron chi connectivity index (χ0n) is 19.2. The molecule has 2 aliphatic rings. The smallest absolute Gasteiger partial charge is 0.416 e. The van der Waals surface area contributed by atoms with Gasteiger partial charge in [0, 0.05) is 45.0 Å². The van der Waals surface area contributed by atoms with Crippen LogP contribution in [-0.4, -0.2) is 77.0 Å². The van der Waals surface area contributed by atoms with Crippen LogP contribution in [0.1, 0.15) is 24.0 Å². The van der Waals surface area contributed by atoms with Gasteiger partial charge in [-0.1, -0.05) is 0 Å². The largest absolute Gasteiger partial charge is 0.471 e. The van der Waals surface area contributed by atoms with Gasteiger partial charge in [-0.05, 0) is 38.1 Å². The molecule has 15 heteroatoms. The summed E-state index contributed by atoms with van der Waals surface area (Å²) >= 11 is 1.01. The third-order valence-electron chi connectivity index (χ3n) is 6.09. The van der Waals surface area contributed by atoms with Crippen LogP contribution in [0.2, 0.25) is 0 Å². The number of halogens is 6. The number of nitrogens with zero attached hydrogens (tertiary/aromatic N) is 5. The van der Waals surface area contributed by atoms with E-state index in [-0.39, 0.29) is 25.3 Å². The number of piperidine rings is 1. The second-order valence-corrected chi connectivity index (χ2v) is 9.24. The predicted octanol–water partition coefficient (Wildman–Crippen LogP) is 4.40. The van der Waals surface area contributed by atoms with E-state index in [1.807, 2.05) is 11.9 Å². The van der Waals surface area contributed by atoms with Crippen molar-refractivity contribution < 1.29 is 35.9 Å². The van der Waals surface area contributed by atoms with E-state index in [4.69, 9.17) is 4.74 Å². The van der Waals surface area contributed by atoms with Crippen LogP contribution < -0.4 is 15.0 Å². The van der Waals surface area contributed by atoms with Crippen molar-refractivity contribution in [2.75, 3.05) is 56.5 Å². The Hall–Kier alpha value is -2.81. The Morgan fingerprint density at radius 3 is 2.08 bits per heavy atom. The monoisotopic (exact) mass is 538 g/mol. The van der Waals surface area contributed by atoms with E-state index in [0.717, 1.165) is 37.7 Å². The van der Waals surface area contributed by atoms with E-state index in [1.165, 1.54) is 4.90 Å². The van der Waals surface area contributed by atoms with Crippen LogP contribution in [0.25, 0.3) is 0 Å². The summed E-state index contributed by atoms with van der Waals surface area (Å²) in [7, 11) is 2.05. The molecular formula is C21H24F6N6O2S. The lowest BCUT2D eigenvalue weighted by Crippen LogP contribution is -2.50. The molecule has 0 spiro atoms. The lowest BCUT2D eigenvalue weighted by molar-refractivity contribution is -0.143. The Labute approximate surface area is 207 Å². The average molecular weight is 539 g/mol. The van der Waals surface area contributed by atoms with Gasteiger partial charge in [0.2, 0.25) is 5.82 Å². The normalized spacial score (nSPS) is 18.4. The van der Waals surface area contributed by atoms with Gasteiger partial charge in [0.15, 0.2) is 0 Å². The fraction of sp³-hybridized carbons (Fsp3) is 0.571. The summed E-state index contributed by atoms with van der Waals surface area (Å²) < 4.78 is 93.1. The maximum atomic E-state index is 13.1. The zero-order valence-corrected chi connectivity index (χ0v) is 20.0. The number of amides is 2. The topological polar surface area (TPSA) is 73.8 Å². The minimum Gasteiger partial charge on any atom is -0.471 e. The third kappa shape index (κ3) is 6.30. The molecule has 0 saturated carbocycles. The quantitative estimate of drug-likeness (QED) is 0.582. The average Bonchev–Trinajstić information content (AvgIpc) is 3.27. The Bertz CT molecular complexity index is 1030. The van der Waals surface area contributed by atoms with Crippen LogP contribution in [0.15, 0.2) is 18.2 Å². The number of nitrogens with one attached hydrogen (secondary N) is 1. The summed E-state index contributed by atoms with van der Waals surface area (Å²) in [6.45, 7) is 2.89. The molecule has 0 bridgehead atoms. The van der Waals surface area contributed by atoms with Crippen molar-refractivity contribution in [3.63, 3.8) is 0 Å². The summed E-state index contributed by atoms with van der Waals surface area (Å²) in [5.74, 6) is 0.989. The van der Waals surface area contributed by atoms with Gasteiger partial charge < -0.3 is 24.8 Å². The Balaban J connectivity index is 1.37. The molecule has 2 saturated heterocycles.